The van der Waals surface area contributed by atoms with Crippen molar-refractivity contribution in [3.05, 3.63) is 46.4 Å². The van der Waals surface area contributed by atoms with Crippen LogP contribution in [0, 0.1) is 0 Å². The van der Waals surface area contributed by atoms with Gasteiger partial charge in [0.2, 0.25) is 0 Å². The van der Waals surface area contributed by atoms with Gasteiger partial charge in [0, 0.05) is 12.5 Å². The van der Waals surface area contributed by atoms with Gasteiger partial charge in [0.1, 0.15) is 10.1 Å². The summed E-state index contributed by atoms with van der Waals surface area (Å²) in [5, 5.41) is 11.5. The maximum absolute atomic E-state index is 11.5. The smallest absolute Gasteiger partial charge is 0.308 e. The van der Waals surface area contributed by atoms with Gasteiger partial charge in [-0.25, -0.2) is 0 Å². The van der Waals surface area contributed by atoms with Gasteiger partial charge in [0.25, 0.3) is 5.91 Å². The molecule has 2 rings (SSSR count). The van der Waals surface area contributed by atoms with Crippen molar-refractivity contribution in [2.45, 2.75) is 13.3 Å². The van der Waals surface area contributed by atoms with Crippen LogP contribution in [0.25, 0.3) is 6.08 Å². The van der Waals surface area contributed by atoms with Crippen LogP contribution in [0.4, 0.5) is 0 Å². The van der Waals surface area contributed by atoms with Crippen LogP contribution in [-0.4, -0.2) is 27.3 Å². The Bertz CT molecular complexity index is 783. The molecule has 0 bridgehead atoms. The van der Waals surface area contributed by atoms with Gasteiger partial charge in [-0.3, -0.25) is 14.4 Å². The Kier molecular flexibility index (Phi) is 5.88. The summed E-state index contributed by atoms with van der Waals surface area (Å²) < 4.78 is 5.42. The number of hydrogen-bond donors (Lipinski definition) is 2. The molecule has 0 unspecified atom stereocenters. The Hall–Kier alpha value is -2.45. The number of rotatable bonds is 5. The van der Waals surface area contributed by atoms with E-state index in [0.29, 0.717) is 20.4 Å². The van der Waals surface area contributed by atoms with Crippen LogP contribution in [0.5, 0.6) is 5.75 Å². The Morgan fingerprint density at radius 2 is 2.17 bits per heavy atom. The zero-order valence-corrected chi connectivity index (χ0v) is 14.2. The molecule has 1 saturated heterocycles. The molecule has 2 N–H and O–H groups in total. The van der Waals surface area contributed by atoms with Crippen molar-refractivity contribution in [1.82, 2.24) is 5.32 Å². The molecule has 6 nitrogen and oxygen atoms in total. The number of carbonyl (C=O) groups excluding carboxylic acids is 2. The molecule has 8 heteroatoms. The number of esters is 1. The number of nitrogens with one attached hydrogen (secondary N) is 1. The first-order valence-electron chi connectivity index (χ1n) is 6.80. The first-order valence-corrected chi connectivity index (χ1v) is 8.02. The number of hydrogen-bond acceptors (Lipinski definition) is 6. The van der Waals surface area contributed by atoms with E-state index in [-0.39, 0.29) is 18.1 Å². The summed E-state index contributed by atoms with van der Waals surface area (Å²) in [6.07, 6.45) is 4.74. The predicted octanol–water partition coefficient (Wildman–Crippen LogP) is 2.28. The van der Waals surface area contributed by atoms with Crippen molar-refractivity contribution in [2.24, 2.45) is 0 Å². The normalized spacial score (nSPS) is 15.8. The monoisotopic (exact) mass is 363 g/mol. The van der Waals surface area contributed by atoms with E-state index >= 15 is 0 Å². The SMILES string of the molecule is CC(=O)Oc1ccc(C=CC=C2SC(=S)NC2=O)cc1CC(=O)O. The van der Waals surface area contributed by atoms with E-state index in [2.05, 4.69) is 5.32 Å². The summed E-state index contributed by atoms with van der Waals surface area (Å²) in [7, 11) is 0. The lowest BCUT2D eigenvalue weighted by molar-refractivity contribution is -0.137. The van der Waals surface area contributed by atoms with E-state index < -0.39 is 11.9 Å². The van der Waals surface area contributed by atoms with Crippen LogP contribution in [0.3, 0.4) is 0 Å². The average molecular weight is 363 g/mol. The van der Waals surface area contributed by atoms with E-state index in [0.717, 1.165) is 0 Å². The molecule has 0 saturated carbocycles. The third-order valence-electron chi connectivity index (χ3n) is 2.86. The minimum absolute atomic E-state index is 0.219. The number of thiocarbonyl (C=S) groups is 1. The second kappa shape index (κ2) is 7.89. The fourth-order valence-corrected chi connectivity index (χ4v) is 2.94. The average Bonchev–Trinajstić information content (AvgIpc) is 2.79. The third kappa shape index (κ3) is 5.04. The van der Waals surface area contributed by atoms with E-state index in [4.69, 9.17) is 22.1 Å². The summed E-state index contributed by atoms with van der Waals surface area (Å²) in [5.74, 6) is -1.57. The molecule has 0 aliphatic carbocycles. The molecular formula is C16H13NO5S2. The van der Waals surface area contributed by atoms with Gasteiger partial charge in [-0.05, 0) is 23.8 Å². The number of ether oxygens (including phenoxy) is 1. The lowest BCUT2D eigenvalue weighted by Crippen LogP contribution is -2.17. The maximum Gasteiger partial charge on any atom is 0.308 e. The number of carbonyl (C=O) groups is 3. The number of allylic oxidation sites excluding steroid dienone is 2. The second-order valence-electron chi connectivity index (χ2n) is 4.76. The topological polar surface area (TPSA) is 92.7 Å². The fraction of sp³-hybridized carbons (Fsp3) is 0.125. The van der Waals surface area contributed by atoms with Crippen LogP contribution in [-0.2, 0) is 20.8 Å². The van der Waals surface area contributed by atoms with Gasteiger partial charge in [-0.2, -0.15) is 0 Å². The highest BCUT2D eigenvalue weighted by Crippen LogP contribution is 2.24. The minimum Gasteiger partial charge on any atom is -0.481 e. The van der Waals surface area contributed by atoms with E-state index in [1.807, 2.05) is 0 Å². The molecule has 0 radical (unpaired) electrons. The largest absolute Gasteiger partial charge is 0.481 e. The Balaban J connectivity index is 2.21. The molecule has 0 spiro atoms. The lowest BCUT2D eigenvalue weighted by atomic mass is 10.1. The summed E-state index contributed by atoms with van der Waals surface area (Å²) in [4.78, 5) is 34.0. The second-order valence-corrected chi connectivity index (χ2v) is 6.48. The van der Waals surface area contributed by atoms with Crippen molar-refractivity contribution < 1.29 is 24.2 Å². The number of thioether (sulfide) groups is 1. The van der Waals surface area contributed by atoms with Crippen LogP contribution < -0.4 is 10.1 Å². The summed E-state index contributed by atoms with van der Waals surface area (Å²) in [6.45, 7) is 1.25. The zero-order chi connectivity index (χ0) is 17.7. The van der Waals surface area contributed by atoms with Crippen molar-refractivity contribution in [1.29, 1.82) is 0 Å². The van der Waals surface area contributed by atoms with E-state index in [1.165, 1.54) is 18.7 Å². The quantitative estimate of drug-likeness (QED) is 0.359. The summed E-state index contributed by atoms with van der Waals surface area (Å²) in [5.41, 5.74) is 1.10. The van der Waals surface area contributed by atoms with Crippen molar-refractivity contribution in [2.75, 3.05) is 0 Å². The summed E-state index contributed by atoms with van der Waals surface area (Å²) >= 11 is 6.07. The van der Waals surface area contributed by atoms with Gasteiger partial charge in [-0.1, -0.05) is 42.2 Å². The molecule has 1 aliphatic rings. The highest BCUT2D eigenvalue weighted by Gasteiger charge is 2.20. The molecule has 1 aromatic rings. The first kappa shape index (κ1) is 17.9. The molecule has 0 aromatic heterocycles. The molecule has 1 amide bonds. The van der Waals surface area contributed by atoms with E-state index in [1.54, 1.807) is 36.4 Å². The van der Waals surface area contributed by atoms with Crippen LogP contribution in [0.15, 0.2) is 35.3 Å². The molecule has 24 heavy (non-hydrogen) atoms. The molecule has 1 aliphatic heterocycles. The van der Waals surface area contributed by atoms with Crippen molar-refractivity contribution in [3.63, 3.8) is 0 Å². The zero-order valence-electron chi connectivity index (χ0n) is 12.6. The number of carboxylic acid groups (broad SMARTS) is 1. The van der Waals surface area contributed by atoms with Crippen molar-refractivity contribution in [3.8, 4) is 5.75 Å². The Morgan fingerprint density at radius 1 is 1.42 bits per heavy atom. The number of amides is 1. The van der Waals surface area contributed by atoms with Gasteiger partial charge >= 0.3 is 11.9 Å². The number of aliphatic carboxylic acids is 1. The van der Waals surface area contributed by atoms with Gasteiger partial charge < -0.3 is 15.2 Å². The molecular weight excluding hydrogens is 350 g/mol. The first-order chi connectivity index (χ1) is 11.3. The van der Waals surface area contributed by atoms with Crippen molar-refractivity contribution >= 4 is 52.2 Å². The standard InChI is InChI=1S/C16H13NO5S2/c1-9(18)22-12-6-5-10(7-11(12)8-14(19)20)3-2-4-13-15(21)17-16(23)24-13/h2-7H,8H2,1H3,(H,19,20)(H,17,21,23). The molecule has 124 valence electrons. The predicted molar refractivity (Wildman–Crippen MR) is 94.5 cm³/mol. The molecule has 1 fully saturated rings. The Morgan fingerprint density at radius 3 is 2.75 bits per heavy atom. The fourth-order valence-electron chi connectivity index (χ4n) is 1.94. The third-order valence-corrected chi connectivity index (χ3v) is 4.04. The lowest BCUT2D eigenvalue weighted by Gasteiger charge is -2.08. The summed E-state index contributed by atoms with van der Waals surface area (Å²) in [6, 6.07) is 4.84. The highest BCUT2D eigenvalue weighted by atomic mass is 32.2. The number of carboxylic acids is 1. The van der Waals surface area contributed by atoms with E-state index in [9.17, 15) is 14.4 Å². The van der Waals surface area contributed by atoms with Crippen LogP contribution in [0.2, 0.25) is 0 Å². The minimum atomic E-state index is -1.03. The number of benzene rings is 1. The van der Waals surface area contributed by atoms with Crippen LogP contribution in [0.1, 0.15) is 18.1 Å². The maximum atomic E-state index is 11.5. The van der Waals surface area contributed by atoms with Crippen LogP contribution >= 0.6 is 24.0 Å². The molecule has 0 atom stereocenters. The Labute approximate surface area is 147 Å². The van der Waals surface area contributed by atoms with Gasteiger partial charge in [0.15, 0.2) is 0 Å². The molecule has 1 aromatic carbocycles. The molecule has 1 heterocycles. The van der Waals surface area contributed by atoms with Gasteiger partial charge in [0.05, 0.1) is 11.3 Å². The highest BCUT2D eigenvalue weighted by molar-refractivity contribution is 8.26. The van der Waals surface area contributed by atoms with Gasteiger partial charge in [-0.15, -0.1) is 0 Å².